The zero-order valence-electron chi connectivity index (χ0n) is 15.3. The van der Waals surface area contributed by atoms with E-state index >= 15 is 0 Å². The van der Waals surface area contributed by atoms with Gasteiger partial charge in [-0.15, -0.1) is 0 Å². The first-order valence-electron chi connectivity index (χ1n) is 9.19. The summed E-state index contributed by atoms with van der Waals surface area (Å²) in [6.07, 6.45) is 1.78. The summed E-state index contributed by atoms with van der Waals surface area (Å²) in [5.41, 5.74) is 2.59. The molecule has 2 heterocycles. The Morgan fingerprint density at radius 2 is 2.11 bits per heavy atom. The molecular weight excluding hydrogens is 348 g/mol. The van der Waals surface area contributed by atoms with E-state index in [-0.39, 0.29) is 19.1 Å². The van der Waals surface area contributed by atoms with Gasteiger partial charge in [-0.25, -0.2) is 0 Å². The number of aromatic nitrogens is 1. The van der Waals surface area contributed by atoms with Gasteiger partial charge in [0.15, 0.2) is 0 Å². The Labute approximate surface area is 158 Å². The first-order valence-corrected chi connectivity index (χ1v) is 9.19. The van der Waals surface area contributed by atoms with Gasteiger partial charge < -0.3 is 30.1 Å². The Morgan fingerprint density at radius 3 is 2.93 bits per heavy atom. The molecule has 0 aliphatic carbocycles. The summed E-state index contributed by atoms with van der Waals surface area (Å²) in [4.78, 5) is 19.0. The zero-order valence-corrected chi connectivity index (χ0v) is 15.3. The van der Waals surface area contributed by atoms with Gasteiger partial charge in [-0.2, -0.15) is 0 Å². The molecule has 27 heavy (non-hydrogen) atoms. The number of para-hydroxylation sites is 1. The van der Waals surface area contributed by atoms with Gasteiger partial charge in [-0.1, -0.05) is 12.1 Å². The van der Waals surface area contributed by atoms with E-state index in [1.807, 2.05) is 24.3 Å². The minimum absolute atomic E-state index is 0.00100. The predicted octanol–water partition coefficient (Wildman–Crippen LogP) is 0.608. The maximum absolute atomic E-state index is 12.2. The van der Waals surface area contributed by atoms with Crippen molar-refractivity contribution in [2.75, 3.05) is 69.4 Å². The third-order valence-corrected chi connectivity index (χ3v) is 4.32. The number of fused-ring (bicyclic) bond motifs is 1. The topological polar surface area (TPSA) is 96.0 Å². The van der Waals surface area contributed by atoms with Crippen molar-refractivity contribution in [3.63, 3.8) is 0 Å². The number of aliphatic hydroxyl groups excluding tert-OH is 1. The summed E-state index contributed by atoms with van der Waals surface area (Å²) in [5, 5.41) is 15.6. The van der Waals surface area contributed by atoms with Crippen LogP contribution in [-0.4, -0.2) is 75.2 Å². The third kappa shape index (κ3) is 5.36. The molecule has 1 aliphatic heterocycles. The maximum atomic E-state index is 12.2. The summed E-state index contributed by atoms with van der Waals surface area (Å²) in [6, 6.07) is 7.83. The average Bonchev–Trinajstić information content (AvgIpc) is 2.71. The van der Waals surface area contributed by atoms with Crippen LogP contribution in [0.1, 0.15) is 0 Å². The fourth-order valence-electron chi connectivity index (χ4n) is 3.05. The molecule has 1 aliphatic rings. The molecule has 146 valence electrons. The standard InChI is InChI=1S/C19H26N4O4/c24-9-13-26-10-6-20-14-18(25)22-16-3-1-2-15-17(4-5-21-19(15)16)23-7-11-27-12-8-23/h1-5,20,24H,6-14H2,(H,22,25). The van der Waals surface area contributed by atoms with Crippen molar-refractivity contribution in [2.45, 2.75) is 0 Å². The Bertz CT molecular complexity index is 750. The average molecular weight is 374 g/mol. The Balaban J connectivity index is 1.64. The molecule has 0 spiro atoms. The fourth-order valence-corrected chi connectivity index (χ4v) is 3.05. The molecule has 0 bridgehead atoms. The van der Waals surface area contributed by atoms with E-state index in [0.29, 0.717) is 38.7 Å². The normalized spacial score (nSPS) is 14.5. The number of carbonyl (C=O) groups is 1. The number of anilines is 2. The number of nitrogens with zero attached hydrogens (tertiary/aromatic N) is 2. The van der Waals surface area contributed by atoms with Gasteiger partial charge in [0.2, 0.25) is 5.91 Å². The van der Waals surface area contributed by atoms with Crippen molar-refractivity contribution in [1.82, 2.24) is 10.3 Å². The van der Waals surface area contributed by atoms with Crippen molar-refractivity contribution in [3.8, 4) is 0 Å². The highest BCUT2D eigenvalue weighted by atomic mass is 16.5. The van der Waals surface area contributed by atoms with Crippen LogP contribution < -0.4 is 15.5 Å². The van der Waals surface area contributed by atoms with Crippen molar-refractivity contribution >= 4 is 28.2 Å². The molecule has 0 radical (unpaired) electrons. The van der Waals surface area contributed by atoms with E-state index in [1.165, 1.54) is 0 Å². The van der Waals surface area contributed by atoms with Crippen molar-refractivity contribution in [2.24, 2.45) is 0 Å². The van der Waals surface area contributed by atoms with Gasteiger partial charge in [-0.3, -0.25) is 9.78 Å². The molecule has 1 saturated heterocycles. The lowest BCUT2D eigenvalue weighted by Gasteiger charge is -2.29. The number of ether oxygens (including phenoxy) is 2. The second-order valence-electron chi connectivity index (χ2n) is 6.19. The molecule has 3 rings (SSSR count). The van der Waals surface area contributed by atoms with Gasteiger partial charge in [-0.05, 0) is 12.1 Å². The summed E-state index contributed by atoms with van der Waals surface area (Å²) in [6.45, 7) is 4.61. The molecule has 1 amide bonds. The highest BCUT2D eigenvalue weighted by Gasteiger charge is 2.15. The smallest absolute Gasteiger partial charge is 0.238 e. The molecule has 1 fully saturated rings. The number of nitrogens with one attached hydrogen (secondary N) is 2. The number of hydrogen-bond acceptors (Lipinski definition) is 7. The summed E-state index contributed by atoms with van der Waals surface area (Å²) < 4.78 is 10.6. The Morgan fingerprint density at radius 1 is 1.26 bits per heavy atom. The van der Waals surface area contributed by atoms with E-state index in [2.05, 4.69) is 20.5 Å². The second-order valence-corrected chi connectivity index (χ2v) is 6.19. The minimum Gasteiger partial charge on any atom is -0.394 e. The summed E-state index contributed by atoms with van der Waals surface area (Å²) >= 11 is 0. The van der Waals surface area contributed by atoms with Gasteiger partial charge in [0, 0.05) is 36.9 Å². The molecule has 3 N–H and O–H groups in total. The maximum Gasteiger partial charge on any atom is 0.238 e. The van der Waals surface area contributed by atoms with E-state index in [4.69, 9.17) is 14.6 Å². The largest absolute Gasteiger partial charge is 0.394 e. The molecule has 1 aromatic heterocycles. The lowest BCUT2D eigenvalue weighted by molar-refractivity contribution is -0.115. The minimum atomic E-state index is -0.136. The van der Waals surface area contributed by atoms with Crippen molar-refractivity contribution in [1.29, 1.82) is 0 Å². The van der Waals surface area contributed by atoms with Crippen LogP contribution in [0, 0.1) is 0 Å². The zero-order chi connectivity index (χ0) is 18.9. The summed E-state index contributed by atoms with van der Waals surface area (Å²) in [5.74, 6) is -0.136. The van der Waals surface area contributed by atoms with Crippen LogP contribution >= 0.6 is 0 Å². The molecule has 8 heteroatoms. The Hall–Kier alpha value is -2.26. The van der Waals surface area contributed by atoms with Gasteiger partial charge in [0.1, 0.15) is 0 Å². The highest BCUT2D eigenvalue weighted by Crippen LogP contribution is 2.30. The molecule has 1 aromatic carbocycles. The number of rotatable bonds is 9. The lowest BCUT2D eigenvalue weighted by atomic mass is 10.1. The van der Waals surface area contributed by atoms with Gasteiger partial charge >= 0.3 is 0 Å². The van der Waals surface area contributed by atoms with Crippen molar-refractivity contribution in [3.05, 3.63) is 30.5 Å². The molecule has 0 saturated carbocycles. The molecule has 2 aromatic rings. The van der Waals surface area contributed by atoms with Crippen LogP contribution in [0.15, 0.2) is 30.5 Å². The number of carbonyl (C=O) groups excluding carboxylic acids is 1. The Kier molecular flexibility index (Phi) is 7.35. The highest BCUT2D eigenvalue weighted by molar-refractivity contribution is 6.04. The number of pyridine rings is 1. The van der Waals surface area contributed by atoms with Crippen LogP contribution in [0.2, 0.25) is 0 Å². The number of hydrogen-bond donors (Lipinski definition) is 3. The number of benzene rings is 1. The number of aliphatic hydroxyl groups is 1. The van der Waals surface area contributed by atoms with Crippen LogP contribution in [0.5, 0.6) is 0 Å². The second kappa shape index (κ2) is 10.2. The molecule has 0 unspecified atom stereocenters. The van der Waals surface area contributed by atoms with Crippen molar-refractivity contribution < 1.29 is 19.4 Å². The summed E-state index contributed by atoms with van der Waals surface area (Å²) in [7, 11) is 0. The fraction of sp³-hybridized carbons (Fsp3) is 0.474. The van der Waals surface area contributed by atoms with E-state index < -0.39 is 0 Å². The first-order chi connectivity index (χ1) is 13.3. The first kappa shape index (κ1) is 19.5. The van der Waals surface area contributed by atoms with E-state index in [9.17, 15) is 4.79 Å². The van der Waals surface area contributed by atoms with Crippen LogP contribution in [0.4, 0.5) is 11.4 Å². The van der Waals surface area contributed by atoms with Crippen LogP contribution in [-0.2, 0) is 14.3 Å². The lowest BCUT2D eigenvalue weighted by Crippen LogP contribution is -2.36. The quantitative estimate of drug-likeness (QED) is 0.554. The molecular formula is C19H26N4O4. The van der Waals surface area contributed by atoms with Gasteiger partial charge in [0.05, 0.1) is 50.8 Å². The van der Waals surface area contributed by atoms with Crippen LogP contribution in [0.25, 0.3) is 10.9 Å². The SMILES string of the molecule is O=C(CNCCOCCO)Nc1cccc2c(N3CCOCC3)ccnc12. The van der Waals surface area contributed by atoms with E-state index in [0.717, 1.165) is 29.7 Å². The molecule has 0 atom stereocenters. The third-order valence-electron chi connectivity index (χ3n) is 4.32. The molecule has 8 nitrogen and oxygen atoms in total. The monoisotopic (exact) mass is 374 g/mol. The predicted molar refractivity (Wildman–Crippen MR) is 104 cm³/mol. The van der Waals surface area contributed by atoms with E-state index in [1.54, 1.807) is 6.20 Å². The van der Waals surface area contributed by atoms with Crippen LogP contribution in [0.3, 0.4) is 0 Å². The van der Waals surface area contributed by atoms with Gasteiger partial charge in [0.25, 0.3) is 0 Å². The number of morpholine rings is 1. The number of amides is 1.